The lowest BCUT2D eigenvalue weighted by atomic mass is 9.97. The van der Waals surface area contributed by atoms with Crippen molar-refractivity contribution in [1.29, 1.82) is 0 Å². The van der Waals surface area contributed by atoms with Gasteiger partial charge in [0.2, 0.25) is 0 Å². The van der Waals surface area contributed by atoms with Crippen LogP contribution in [0.4, 0.5) is 4.79 Å². The van der Waals surface area contributed by atoms with E-state index in [2.05, 4.69) is 15.6 Å². The Morgan fingerprint density at radius 2 is 1.95 bits per heavy atom. The molecule has 0 aromatic carbocycles. The van der Waals surface area contributed by atoms with E-state index in [1.54, 1.807) is 12.5 Å². The molecule has 0 saturated heterocycles. The van der Waals surface area contributed by atoms with E-state index < -0.39 is 0 Å². The molecule has 0 spiro atoms. The molecule has 106 valence electrons. The Morgan fingerprint density at radius 3 is 2.63 bits per heavy atom. The molecule has 0 unspecified atom stereocenters. The highest BCUT2D eigenvalue weighted by atomic mass is 16.2. The van der Waals surface area contributed by atoms with Crippen molar-refractivity contribution in [3.8, 4) is 0 Å². The van der Waals surface area contributed by atoms with Gasteiger partial charge in [0.1, 0.15) is 0 Å². The number of nitrogens with one attached hydrogen (secondary N) is 2. The van der Waals surface area contributed by atoms with E-state index in [4.69, 9.17) is 0 Å². The third-order valence-corrected chi connectivity index (χ3v) is 3.66. The molecular weight excluding hydrogens is 240 g/mol. The van der Waals surface area contributed by atoms with Gasteiger partial charge < -0.3 is 15.2 Å². The predicted octanol–water partition coefficient (Wildman–Crippen LogP) is 2.30. The molecule has 1 fully saturated rings. The molecule has 0 bridgehead atoms. The van der Waals surface area contributed by atoms with Crippen molar-refractivity contribution in [1.82, 2.24) is 20.2 Å². The number of nitrogens with zero attached hydrogens (tertiary/aromatic N) is 2. The summed E-state index contributed by atoms with van der Waals surface area (Å²) in [5, 5.41) is 6.00. The van der Waals surface area contributed by atoms with Crippen molar-refractivity contribution in [2.45, 2.75) is 57.5 Å². The first kappa shape index (κ1) is 13.9. The third-order valence-electron chi connectivity index (χ3n) is 3.66. The first-order chi connectivity index (χ1) is 9.34. The van der Waals surface area contributed by atoms with Crippen LogP contribution in [0.15, 0.2) is 18.7 Å². The normalized spacial score (nSPS) is 17.5. The Labute approximate surface area is 114 Å². The van der Waals surface area contributed by atoms with Crippen LogP contribution < -0.4 is 10.6 Å². The van der Waals surface area contributed by atoms with Crippen LogP contribution in [0.3, 0.4) is 0 Å². The quantitative estimate of drug-likeness (QED) is 0.876. The number of carbonyl (C=O) groups excluding carboxylic acids is 1. The Bertz CT molecular complexity index is 356. The number of amides is 2. The molecule has 5 heteroatoms. The minimum absolute atomic E-state index is 0.0364. The number of rotatable bonds is 4. The van der Waals surface area contributed by atoms with Gasteiger partial charge in [0, 0.05) is 31.5 Å². The van der Waals surface area contributed by atoms with E-state index in [9.17, 15) is 4.79 Å². The number of urea groups is 1. The summed E-state index contributed by atoms with van der Waals surface area (Å²) in [4.78, 5) is 15.8. The van der Waals surface area contributed by atoms with Gasteiger partial charge in [0.05, 0.1) is 6.33 Å². The number of carbonyl (C=O) groups is 1. The third kappa shape index (κ3) is 5.32. The van der Waals surface area contributed by atoms with Crippen LogP contribution in [-0.2, 0) is 6.54 Å². The van der Waals surface area contributed by atoms with Crippen LogP contribution in [0.5, 0.6) is 0 Å². The monoisotopic (exact) mass is 264 g/mol. The van der Waals surface area contributed by atoms with Crippen molar-refractivity contribution < 1.29 is 4.79 Å². The highest BCUT2D eigenvalue weighted by Gasteiger charge is 2.13. The first-order valence-electron chi connectivity index (χ1n) is 7.35. The maximum Gasteiger partial charge on any atom is 0.315 e. The van der Waals surface area contributed by atoms with Gasteiger partial charge in [-0.15, -0.1) is 0 Å². The van der Waals surface area contributed by atoms with Gasteiger partial charge in [-0.1, -0.05) is 32.1 Å². The molecule has 2 amide bonds. The molecule has 0 atom stereocenters. The van der Waals surface area contributed by atoms with Crippen LogP contribution >= 0.6 is 0 Å². The van der Waals surface area contributed by atoms with Crippen LogP contribution in [0.1, 0.15) is 44.9 Å². The zero-order chi connectivity index (χ0) is 13.3. The van der Waals surface area contributed by atoms with E-state index in [0.717, 1.165) is 19.4 Å². The fraction of sp³-hybridized carbons (Fsp3) is 0.714. The number of hydrogen-bond donors (Lipinski definition) is 2. The summed E-state index contributed by atoms with van der Waals surface area (Å²) in [5.41, 5.74) is 0. The summed E-state index contributed by atoms with van der Waals surface area (Å²) in [5.74, 6) is 0. The average molecular weight is 264 g/mol. The van der Waals surface area contributed by atoms with Gasteiger partial charge >= 0.3 is 6.03 Å². The van der Waals surface area contributed by atoms with Gasteiger partial charge in [0.25, 0.3) is 0 Å². The molecule has 1 heterocycles. The van der Waals surface area contributed by atoms with E-state index in [0.29, 0.717) is 12.6 Å². The number of aromatic nitrogens is 2. The SMILES string of the molecule is O=C(NCCn1ccnc1)NC1CCCCCCC1. The topological polar surface area (TPSA) is 59.0 Å². The van der Waals surface area contributed by atoms with Crippen molar-refractivity contribution in [3.05, 3.63) is 18.7 Å². The Morgan fingerprint density at radius 1 is 1.21 bits per heavy atom. The molecule has 1 aliphatic carbocycles. The van der Waals surface area contributed by atoms with Crippen molar-refractivity contribution in [2.75, 3.05) is 6.54 Å². The summed E-state index contributed by atoms with van der Waals surface area (Å²) >= 11 is 0. The van der Waals surface area contributed by atoms with Crippen LogP contribution in [0.2, 0.25) is 0 Å². The molecule has 2 N–H and O–H groups in total. The van der Waals surface area contributed by atoms with Gasteiger partial charge in [0.15, 0.2) is 0 Å². The summed E-state index contributed by atoms with van der Waals surface area (Å²) in [7, 11) is 0. The lowest BCUT2D eigenvalue weighted by Crippen LogP contribution is -2.43. The molecular formula is C14H24N4O. The fourth-order valence-electron chi connectivity index (χ4n) is 2.55. The Hall–Kier alpha value is -1.52. The van der Waals surface area contributed by atoms with Gasteiger partial charge in [-0.25, -0.2) is 9.78 Å². The summed E-state index contributed by atoms with van der Waals surface area (Å²) in [6.45, 7) is 1.40. The second-order valence-corrected chi connectivity index (χ2v) is 5.24. The molecule has 1 aromatic heterocycles. The lowest BCUT2D eigenvalue weighted by Gasteiger charge is -2.21. The van der Waals surface area contributed by atoms with Crippen LogP contribution in [-0.4, -0.2) is 28.2 Å². The Kier molecular flexibility index (Phi) is 5.72. The molecule has 0 aliphatic heterocycles. The van der Waals surface area contributed by atoms with E-state index >= 15 is 0 Å². The average Bonchev–Trinajstić information content (AvgIpc) is 2.85. The molecule has 1 aliphatic rings. The van der Waals surface area contributed by atoms with Crippen LogP contribution in [0, 0.1) is 0 Å². The summed E-state index contributed by atoms with van der Waals surface area (Å²) in [6, 6.07) is 0.319. The standard InChI is InChI=1S/C14H24N4O/c19-14(16-9-11-18-10-8-15-12-18)17-13-6-4-2-1-3-5-7-13/h8,10,12-13H,1-7,9,11H2,(H2,16,17,19). The van der Waals surface area contributed by atoms with E-state index in [1.165, 1.54) is 32.1 Å². The zero-order valence-electron chi connectivity index (χ0n) is 11.5. The summed E-state index contributed by atoms with van der Waals surface area (Å²) in [6.07, 6.45) is 14.1. The summed E-state index contributed by atoms with van der Waals surface area (Å²) < 4.78 is 1.95. The largest absolute Gasteiger partial charge is 0.336 e. The van der Waals surface area contributed by atoms with Gasteiger partial charge in [-0.05, 0) is 12.8 Å². The fourth-order valence-corrected chi connectivity index (χ4v) is 2.55. The van der Waals surface area contributed by atoms with Crippen molar-refractivity contribution >= 4 is 6.03 Å². The molecule has 5 nitrogen and oxygen atoms in total. The van der Waals surface area contributed by atoms with Crippen LogP contribution in [0.25, 0.3) is 0 Å². The second-order valence-electron chi connectivity index (χ2n) is 5.24. The second kappa shape index (κ2) is 7.81. The highest BCUT2D eigenvalue weighted by molar-refractivity contribution is 5.74. The maximum absolute atomic E-state index is 11.8. The first-order valence-corrected chi connectivity index (χ1v) is 7.35. The molecule has 0 radical (unpaired) electrons. The maximum atomic E-state index is 11.8. The minimum atomic E-state index is -0.0364. The minimum Gasteiger partial charge on any atom is -0.336 e. The number of imidazole rings is 1. The van der Waals surface area contributed by atoms with Crippen molar-refractivity contribution in [2.24, 2.45) is 0 Å². The van der Waals surface area contributed by atoms with E-state index in [1.807, 2.05) is 10.8 Å². The lowest BCUT2D eigenvalue weighted by molar-refractivity contribution is 0.233. The predicted molar refractivity (Wildman–Crippen MR) is 74.9 cm³/mol. The molecule has 1 saturated carbocycles. The molecule has 2 rings (SSSR count). The highest BCUT2D eigenvalue weighted by Crippen LogP contribution is 2.16. The van der Waals surface area contributed by atoms with Gasteiger partial charge in [-0.2, -0.15) is 0 Å². The van der Waals surface area contributed by atoms with Crippen molar-refractivity contribution in [3.63, 3.8) is 0 Å². The smallest absolute Gasteiger partial charge is 0.315 e. The molecule has 19 heavy (non-hydrogen) atoms. The zero-order valence-corrected chi connectivity index (χ0v) is 11.5. The van der Waals surface area contributed by atoms with Gasteiger partial charge in [-0.3, -0.25) is 0 Å². The Balaban J connectivity index is 1.62. The molecule has 1 aromatic rings. The number of hydrogen-bond acceptors (Lipinski definition) is 2. The van der Waals surface area contributed by atoms with E-state index in [-0.39, 0.29) is 6.03 Å².